The Labute approximate surface area is 189 Å². The van der Waals surface area contributed by atoms with Crippen molar-refractivity contribution in [1.82, 2.24) is 14.9 Å². The fourth-order valence-corrected chi connectivity index (χ4v) is 4.27. The first-order valence-electron chi connectivity index (χ1n) is 11.2. The van der Waals surface area contributed by atoms with E-state index in [1.807, 2.05) is 31.2 Å². The zero-order valence-electron chi connectivity index (χ0n) is 18.8. The molecule has 1 N–H and O–H groups in total. The van der Waals surface area contributed by atoms with Crippen molar-refractivity contribution in [3.05, 3.63) is 83.4 Å². The van der Waals surface area contributed by atoms with Crippen LogP contribution in [0.1, 0.15) is 52.7 Å². The van der Waals surface area contributed by atoms with Gasteiger partial charge in [-0.1, -0.05) is 48.9 Å². The van der Waals surface area contributed by atoms with Crippen molar-refractivity contribution in [2.45, 2.75) is 38.6 Å². The summed E-state index contributed by atoms with van der Waals surface area (Å²) < 4.78 is 5.33. The van der Waals surface area contributed by atoms with Crippen molar-refractivity contribution in [3.63, 3.8) is 0 Å². The molecule has 1 amide bonds. The second-order valence-electron chi connectivity index (χ2n) is 8.16. The summed E-state index contributed by atoms with van der Waals surface area (Å²) in [4.78, 5) is 24.7. The lowest BCUT2D eigenvalue weighted by molar-refractivity contribution is 0.102. The lowest BCUT2D eigenvalue weighted by Crippen LogP contribution is -2.36. The van der Waals surface area contributed by atoms with Gasteiger partial charge in [0.2, 0.25) is 0 Å². The van der Waals surface area contributed by atoms with Gasteiger partial charge in [-0.15, -0.1) is 0 Å². The maximum absolute atomic E-state index is 12.9. The number of piperidine rings is 1. The molecule has 32 heavy (non-hydrogen) atoms. The number of anilines is 1. The minimum Gasteiger partial charge on any atom is -0.495 e. The molecule has 1 aromatic heterocycles. The minimum absolute atomic E-state index is 0.192. The number of likely N-dealkylation sites (tertiary alicyclic amines) is 1. The SMILES string of the molecule is COc1ccccc1NC(=O)c1cnc([C@H]2CCCCN2CCc2ccccc2)nc1C. The van der Waals surface area contributed by atoms with Crippen LogP contribution in [0.15, 0.2) is 60.8 Å². The van der Waals surface area contributed by atoms with Crippen LogP contribution in [0.3, 0.4) is 0 Å². The van der Waals surface area contributed by atoms with Crippen LogP contribution in [-0.4, -0.2) is 41.0 Å². The van der Waals surface area contributed by atoms with Gasteiger partial charge < -0.3 is 10.1 Å². The van der Waals surface area contributed by atoms with E-state index in [0.717, 1.165) is 31.8 Å². The van der Waals surface area contributed by atoms with E-state index in [0.29, 0.717) is 22.7 Å². The number of para-hydroxylation sites is 2. The van der Waals surface area contributed by atoms with Gasteiger partial charge in [0.1, 0.15) is 11.6 Å². The number of nitrogens with one attached hydrogen (secondary N) is 1. The van der Waals surface area contributed by atoms with Crippen LogP contribution < -0.4 is 10.1 Å². The number of benzene rings is 2. The summed E-state index contributed by atoms with van der Waals surface area (Å²) in [5.41, 5.74) is 3.14. The molecule has 0 spiro atoms. The third-order valence-electron chi connectivity index (χ3n) is 6.04. The van der Waals surface area contributed by atoms with Crippen LogP contribution in [0.5, 0.6) is 5.75 Å². The predicted molar refractivity (Wildman–Crippen MR) is 126 cm³/mol. The smallest absolute Gasteiger partial charge is 0.259 e. The molecule has 0 unspecified atom stereocenters. The molecule has 1 fully saturated rings. The van der Waals surface area contributed by atoms with E-state index in [9.17, 15) is 4.79 Å². The van der Waals surface area contributed by atoms with Crippen LogP contribution in [0, 0.1) is 6.92 Å². The lowest BCUT2D eigenvalue weighted by atomic mass is 10.00. The van der Waals surface area contributed by atoms with Crippen LogP contribution >= 0.6 is 0 Å². The van der Waals surface area contributed by atoms with Crippen LogP contribution in [0.4, 0.5) is 5.69 Å². The molecule has 1 aliphatic heterocycles. The summed E-state index contributed by atoms with van der Waals surface area (Å²) in [5, 5.41) is 2.91. The maximum atomic E-state index is 12.9. The standard InChI is InChI=1S/C26H30N4O2/c1-19-21(26(31)29-22-12-6-7-14-24(22)32-2)18-27-25(28-19)23-13-8-9-16-30(23)17-15-20-10-4-3-5-11-20/h3-7,10-12,14,18,23H,8-9,13,15-17H2,1-2H3,(H,29,31)/t23-/m1/s1. The van der Waals surface area contributed by atoms with E-state index in [1.165, 1.54) is 18.4 Å². The van der Waals surface area contributed by atoms with E-state index in [4.69, 9.17) is 9.72 Å². The molecule has 2 heterocycles. The molecule has 6 nitrogen and oxygen atoms in total. The molecule has 1 saturated heterocycles. The number of nitrogens with zero attached hydrogens (tertiary/aromatic N) is 3. The second kappa shape index (κ2) is 10.4. The molecule has 1 aliphatic rings. The van der Waals surface area contributed by atoms with Gasteiger partial charge in [0.05, 0.1) is 30.1 Å². The number of carbonyl (C=O) groups excluding carboxylic acids is 1. The highest BCUT2D eigenvalue weighted by atomic mass is 16.5. The van der Waals surface area contributed by atoms with Crippen molar-refractivity contribution in [2.24, 2.45) is 0 Å². The number of carbonyl (C=O) groups is 1. The Bertz CT molecular complexity index is 1050. The van der Waals surface area contributed by atoms with Crippen molar-refractivity contribution in [1.29, 1.82) is 0 Å². The zero-order valence-corrected chi connectivity index (χ0v) is 18.8. The first-order valence-corrected chi connectivity index (χ1v) is 11.2. The number of rotatable bonds is 7. The Hall–Kier alpha value is -3.25. The molecular weight excluding hydrogens is 400 g/mol. The number of hydrogen-bond donors (Lipinski definition) is 1. The number of hydrogen-bond acceptors (Lipinski definition) is 5. The van der Waals surface area contributed by atoms with E-state index < -0.39 is 0 Å². The summed E-state index contributed by atoms with van der Waals surface area (Å²) in [6.45, 7) is 3.91. The molecule has 6 heteroatoms. The van der Waals surface area contributed by atoms with Gasteiger partial charge in [0.25, 0.3) is 5.91 Å². The van der Waals surface area contributed by atoms with Crippen molar-refractivity contribution in [3.8, 4) is 5.75 Å². The number of amides is 1. The van der Waals surface area contributed by atoms with E-state index in [1.54, 1.807) is 13.3 Å². The van der Waals surface area contributed by atoms with Gasteiger partial charge in [-0.3, -0.25) is 9.69 Å². The highest BCUT2D eigenvalue weighted by Crippen LogP contribution is 2.29. The Morgan fingerprint density at radius 2 is 1.91 bits per heavy atom. The molecule has 1 atom stereocenters. The van der Waals surface area contributed by atoms with Crippen LogP contribution in [0.25, 0.3) is 0 Å². The van der Waals surface area contributed by atoms with Crippen LogP contribution in [0.2, 0.25) is 0 Å². The van der Waals surface area contributed by atoms with Gasteiger partial charge in [-0.05, 0) is 50.4 Å². The van der Waals surface area contributed by atoms with Crippen molar-refractivity contribution >= 4 is 11.6 Å². The fourth-order valence-electron chi connectivity index (χ4n) is 4.27. The predicted octanol–water partition coefficient (Wildman–Crippen LogP) is 4.82. The van der Waals surface area contributed by atoms with E-state index in [2.05, 4.69) is 45.5 Å². The summed E-state index contributed by atoms with van der Waals surface area (Å²) in [6, 6.07) is 18.1. The Balaban J connectivity index is 1.47. The summed E-state index contributed by atoms with van der Waals surface area (Å²) in [5.74, 6) is 1.19. The maximum Gasteiger partial charge on any atom is 0.259 e. The topological polar surface area (TPSA) is 67.3 Å². The molecule has 166 valence electrons. The van der Waals surface area contributed by atoms with Gasteiger partial charge in [-0.25, -0.2) is 9.97 Å². The highest BCUT2D eigenvalue weighted by Gasteiger charge is 2.27. The number of ether oxygens (including phenoxy) is 1. The van der Waals surface area contributed by atoms with Gasteiger partial charge >= 0.3 is 0 Å². The number of aryl methyl sites for hydroxylation is 1. The molecule has 3 aromatic rings. The fraction of sp³-hybridized carbons (Fsp3) is 0.346. The lowest BCUT2D eigenvalue weighted by Gasteiger charge is -2.34. The molecule has 0 saturated carbocycles. The van der Waals surface area contributed by atoms with E-state index in [-0.39, 0.29) is 11.9 Å². The van der Waals surface area contributed by atoms with Gasteiger partial charge in [0.15, 0.2) is 0 Å². The normalized spacial score (nSPS) is 16.5. The summed E-state index contributed by atoms with van der Waals surface area (Å²) in [7, 11) is 1.59. The van der Waals surface area contributed by atoms with Crippen molar-refractivity contribution < 1.29 is 9.53 Å². The quantitative estimate of drug-likeness (QED) is 0.582. The first kappa shape index (κ1) is 22.0. The highest BCUT2D eigenvalue weighted by molar-refractivity contribution is 6.05. The number of methoxy groups -OCH3 is 1. The molecular formula is C26H30N4O2. The molecule has 0 aliphatic carbocycles. The third kappa shape index (κ3) is 5.14. The van der Waals surface area contributed by atoms with Crippen LogP contribution in [-0.2, 0) is 6.42 Å². The number of aromatic nitrogens is 2. The molecule has 0 radical (unpaired) electrons. The Morgan fingerprint density at radius 1 is 1.12 bits per heavy atom. The summed E-state index contributed by atoms with van der Waals surface area (Å²) in [6.07, 6.45) is 6.08. The zero-order chi connectivity index (χ0) is 22.3. The minimum atomic E-state index is -0.233. The van der Waals surface area contributed by atoms with Gasteiger partial charge in [0, 0.05) is 12.7 Å². The average Bonchev–Trinajstić information content (AvgIpc) is 2.84. The summed E-state index contributed by atoms with van der Waals surface area (Å²) >= 11 is 0. The van der Waals surface area contributed by atoms with Crippen molar-refractivity contribution in [2.75, 3.05) is 25.5 Å². The monoisotopic (exact) mass is 430 g/mol. The Kier molecular flexibility index (Phi) is 7.12. The molecule has 0 bridgehead atoms. The second-order valence-corrected chi connectivity index (χ2v) is 8.16. The Morgan fingerprint density at radius 3 is 2.69 bits per heavy atom. The van der Waals surface area contributed by atoms with Gasteiger partial charge in [-0.2, -0.15) is 0 Å². The van der Waals surface area contributed by atoms with E-state index >= 15 is 0 Å². The molecule has 4 rings (SSSR count). The molecule has 2 aromatic carbocycles. The average molecular weight is 431 g/mol. The third-order valence-corrected chi connectivity index (χ3v) is 6.04. The largest absolute Gasteiger partial charge is 0.495 e. The first-order chi connectivity index (χ1) is 15.7.